The van der Waals surface area contributed by atoms with Crippen molar-refractivity contribution in [2.45, 2.75) is 13.1 Å². The fraction of sp³-hybridized carbons (Fsp3) is 0.0435. The Bertz CT molecular complexity index is 3320. The van der Waals surface area contributed by atoms with E-state index in [9.17, 15) is 9.59 Å². The van der Waals surface area contributed by atoms with Gasteiger partial charge in [0.25, 0.3) is 0 Å². The highest BCUT2D eigenvalue weighted by Gasteiger charge is 2.23. The monoisotopic (exact) mass is 1050 g/mol. The molecule has 4 aromatic carbocycles. The van der Waals surface area contributed by atoms with Crippen LogP contribution in [0.25, 0.3) is 55.6 Å². The molecule has 4 N–H and O–H groups in total. The van der Waals surface area contributed by atoms with Crippen LogP contribution in [-0.2, 0) is 13.1 Å². The van der Waals surface area contributed by atoms with Crippen LogP contribution in [0.3, 0.4) is 0 Å². The van der Waals surface area contributed by atoms with Crippen LogP contribution in [0.4, 0.5) is 0 Å². The minimum absolute atomic E-state index is 0.175. The average Bonchev–Trinajstić information content (AvgIpc) is 4.00. The molecule has 5 aromatic heterocycles. The summed E-state index contributed by atoms with van der Waals surface area (Å²) in [5.74, 6) is 1.53. The molecule has 0 radical (unpaired) electrons. The van der Waals surface area contributed by atoms with Crippen molar-refractivity contribution in [3.05, 3.63) is 196 Å². The number of amides is 2. The lowest BCUT2D eigenvalue weighted by Crippen LogP contribution is -2.13. The van der Waals surface area contributed by atoms with Crippen LogP contribution < -0.4 is 11.5 Å². The van der Waals surface area contributed by atoms with Gasteiger partial charge in [-0.15, -0.1) is 11.5 Å². The summed E-state index contributed by atoms with van der Waals surface area (Å²) in [7, 11) is 0. The van der Waals surface area contributed by atoms with Crippen molar-refractivity contribution >= 4 is 92.1 Å². The van der Waals surface area contributed by atoms with E-state index in [0.29, 0.717) is 37.9 Å². The van der Waals surface area contributed by atoms with Crippen molar-refractivity contribution in [2.24, 2.45) is 16.6 Å². The molecule has 9 aromatic rings. The number of primary amides is 2. The second-order valence-corrected chi connectivity index (χ2v) is 16.5. The standard InChI is InChI=1S/C23H15Cl2IN6O.C15H9ClN2.C8H7ClN4O/c24-15-7-5-14(6-8-15)19-21(31-10-2-1-3-18(31)28-19)20-22(26)32(30-29-20)12-13-4-9-17(25)16(11-13)23(27)33;1-2-13-15(11-6-8-12(16)9-7-11)17-14-5-3-4-10-18(13)14;9-7-2-1-5(4-12-13-11)3-6(7)8(10)14/h1-11H,12H2,(H2,27,33);1,3-10H;1-3H,4H2,(H2,10,14). The zero-order chi connectivity index (χ0) is 46.2. The van der Waals surface area contributed by atoms with Crippen LogP contribution in [0.2, 0.25) is 20.1 Å². The number of nitrogens with two attached hydrogens (primary N) is 2. The minimum Gasteiger partial charge on any atom is -0.366 e. The molecule has 322 valence electrons. The molecule has 0 saturated carbocycles. The predicted molar refractivity (Wildman–Crippen MR) is 263 cm³/mol. The topological polar surface area (TPSA) is 200 Å². The van der Waals surface area contributed by atoms with Crippen molar-refractivity contribution in [1.29, 1.82) is 0 Å². The molecule has 0 aliphatic heterocycles. The Labute approximate surface area is 404 Å². The fourth-order valence-corrected chi connectivity index (χ4v) is 7.83. The van der Waals surface area contributed by atoms with Gasteiger partial charge in [-0.2, -0.15) is 0 Å². The molecule has 0 atom stereocenters. The summed E-state index contributed by atoms with van der Waals surface area (Å²) in [5.41, 5.74) is 28.1. The van der Waals surface area contributed by atoms with Gasteiger partial charge in [0.05, 0.1) is 40.0 Å². The van der Waals surface area contributed by atoms with Gasteiger partial charge in [0.15, 0.2) is 0 Å². The number of pyridine rings is 2. The third kappa shape index (κ3) is 10.6. The Balaban J connectivity index is 0.000000165. The van der Waals surface area contributed by atoms with Crippen LogP contribution in [0.1, 0.15) is 37.5 Å². The van der Waals surface area contributed by atoms with Crippen LogP contribution in [0.5, 0.6) is 0 Å². The summed E-state index contributed by atoms with van der Waals surface area (Å²) < 4.78 is 6.49. The number of carbonyl (C=O) groups excluding carboxylic acids is 2. The molecule has 0 bridgehead atoms. The van der Waals surface area contributed by atoms with E-state index in [1.807, 2.05) is 112 Å². The molecular weight excluding hydrogens is 1020 g/mol. The highest BCUT2D eigenvalue weighted by atomic mass is 127. The second-order valence-electron chi connectivity index (χ2n) is 13.8. The lowest BCUT2D eigenvalue weighted by atomic mass is 10.1. The van der Waals surface area contributed by atoms with Gasteiger partial charge in [-0.1, -0.05) is 105 Å². The summed E-state index contributed by atoms with van der Waals surface area (Å²) in [6.45, 7) is 0.573. The number of fused-ring (bicyclic) bond motifs is 2. The van der Waals surface area contributed by atoms with E-state index in [1.54, 1.807) is 28.9 Å². The van der Waals surface area contributed by atoms with Crippen molar-refractivity contribution < 1.29 is 9.59 Å². The number of aromatic nitrogens is 7. The SMILES string of the molecule is C#Cc1c(-c2ccc(Cl)cc2)nc2ccccn12.NC(=O)c1cc(Cn2nnc(-c3c(-c4ccc(Cl)cc4)nc4ccccn34)c2I)ccc1Cl.[N-]=[N+]=NCc1ccc(Cl)c(C(N)=O)c1. The number of benzene rings is 4. The lowest BCUT2D eigenvalue weighted by Gasteiger charge is -2.07. The van der Waals surface area contributed by atoms with Gasteiger partial charge in [-0.05, 0) is 118 Å². The lowest BCUT2D eigenvalue weighted by molar-refractivity contribution is 0.0992. The maximum absolute atomic E-state index is 11.7. The van der Waals surface area contributed by atoms with Gasteiger partial charge < -0.3 is 11.5 Å². The van der Waals surface area contributed by atoms with Gasteiger partial charge in [0.2, 0.25) is 11.8 Å². The average molecular weight is 1050 g/mol. The largest absolute Gasteiger partial charge is 0.366 e. The molecular formula is C46H31Cl4IN12O2. The highest BCUT2D eigenvalue weighted by molar-refractivity contribution is 14.1. The molecule has 14 nitrogen and oxygen atoms in total. The predicted octanol–water partition coefficient (Wildman–Crippen LogP) is 11.2. The molecule has 9 rings (SSSR count). The van der Waals surface area contributed by atoms with Crippen molar-refractivity contribution in [3.8, 4) is 46.2 Å². The molecule has 5 heterocycles. The summed E-state index contributed by atoms with van der Waals surface area (Å²) in [4.78, 5) is 34.5. The summed E-state index contributed by atoms with van der Waals surface area (Å²) in [5, 5.41) is 14.2. The first-order chi connectivity index (χ1) is 31.4. The maximum atomic E-state index is 11.7. The fourth-order valence-electron chi connectivity index (χ4n) is 6.53. The summed E-state index contributed by atoms with van der Waals surface area (Å²) in [6, 6.07) is 36.6. The first-order valence-corrected chi connectivity index (χ1v) is 21.6. The normalized spacial score (nSPS) is 10.6. The zero-order valence-corrected chi connectivity index (χ0v) is 38.7. The number of hydrogen-bond donors (Lipinski definition) is 2. The Morgan fingerprint density at radius 1 is 0.708 bits per heavy atom. The van der Waals surface area contributed by atoms with Gasteiger partial charge in [0, 0.05) is 38.5 Å². The Morgan fingerprint density at radius 3 is 1.80 bits per heavy atom. The minimum atomic E-state index is -0.599. The Kier molecular flexibility index (Phi) is 14.7. The van der Waals surface area contributed by atoms with E-state index in [4.69, 9.17) is 74.8 Å². The summed E-state index contributed by atoms with van der Waals surface area (Å²) in [6.07, 6.45) is 9.45. The quantitative estimate of drug-likeness (QED) is 0.0473. The van der Waals surface area contributed by atoms with Gasteiger partial charge >= 0.3 is 0 Å². The van der Waals surface area contributed by atoms with E-state index in [2.05, 4.69) is 53.8 Å². The Hall–Kier alpha value is -6.90. The number of carbonyl (C=O) groups is 2. The number of azide groups is 1. The van der Waals surface area contributed by atoms with E-state index < -0.39 is 11.8 Å². The number of rotatable bonds is 9. The van der Waals surface area contributed by atoms with E-state index >= 15 is 0 Å². The number of terminal acetylenes is 1. The highest BCUT2D eigenvalue weighted by Crippen LogP contribution is 2.35. The zero-order valence-electron chi connectivity index (χ0n) is 33.5. The smallest absolute Gasteiger partial charge is 0.250 e. The molecule has 0 unspecified atom stereocenters. The number of hydrogen-bond acceptors (Lipinski definition) is 7. The molecule has 0 aliphatic carbocycles. The molecule has 2 amide bonds. The van der Waals surface area contributed by atoms with Crippen molar-refractivity contribution in [1.82, 2.24) is 33.8 Å². The molecule has 0 aliphatic rings. The molecule has 0 spiro atoms. The van der Waals surface area contributed by atoms with Crippen molar-refractivity contribution in [3.63, 3.8) is 0 Å². The first kappa shape index (κ1) is 46.1. The van der Waals surface area contributed by atoms with Gasteiger partial charge in [-0.3, -0.25) is 18.4 Å². The molecule has 0 fully saturated rings. The van der Waals surface area contributed by atoms with E-state index in [-0.39, 0.29) is 17.7 Å². The third-order valence-corrected chi connectivity index (χ3v) is 11.8. The van der Waals surface area contributed by atoms with Crippen LogP contribution in [0.15, 0.2) is 139 Å². The second kappa shape index (κ2) is 20.7. The van der Waals surface area contributed by atoms with Crippen LogP contribution >= 0.6 is 69.0 Å². The van der Waals surface area contributed by atoms with Crippen LogP contribution in [-0.4, -0.2) is 45.6 Å². The third-order valence-electron chi connectivity index (χ3n) is 9.57. The first-order valence-electron chi connectivity index (χ1n) is 19.1. The number of halogens is 5. The Morgan fingerprint density at radius 2 is 1.23 bits per heavy atom. The van der Waals surface area contributed by atoms with Gasteiger partial charge in [0.1, 0.15) is 37.8 Å². The van der Waals surface area contributed by atoms with Gasteiger partial charge in [-0.25, -0.2) is 14.6 Å². The van der Waals surface area contributed by atoms with Crippen molar-refractivity contribution in [2.75, 3.05) is 0 Å². The maximum Gasteiger partial charge on any atom is 0.250 e. The van der Waals surface area contributed by atoms with E-state index in [0.717, 1.165) is 54.5 Å². The molecule has 0 saturated heterocycles. The molecule has 19 heteroatoms. The van der Waals surface area contributed by atoms with Crippen LogP contribution in [0, 0.1) is 16.0 Å². The van der Waals surface area contributed by atoms with E-state index in [1.165, 1.54) is 6.07 Å². The number of imidazole rings is 2. The molecule has 65 heavy (non-hydrogen) atoms. The summed E-state index contributed by atoms with van der Waals surface area (Å²) >= 11 is 26.0. The number of nitrogens with zero attached hydrogens (tertiary/aromatic N) is 10.